The summed E-state index contributed by atoms with van der Waals surface area (Å²) in [5.74, 6) is 1.48. The molecule has 3 heterocycles. The van der Waals surface area contributed by atoms with Gasteiger partial charge in [0.25, 0.3) is 0 Å². The topological polar surface area (TPSA) is 87.0 Å². The Balaban J connectivity index is 1.45. The molecule has 2 aliphatic heterocycles. The Morgan fingerprint density at radius 1 is 1.13 bits per heavy atom. The van der Waals surface area contributed by atoms with Crippen molar-refractivity contribution in [3.05, 3.63) is 41.1 Å². The van der Waals surface area contributed by atoms with Crippen molar-refractivity contribution in [2.75, 3.05) is 37.6 Å². The monoisotopic (exact) mass is 432 g/mol. The maximum Gasteiger partial charge on any atom is 0.243 e. The molecule has 0 saturated carbocycles. The van der Waals surface area contributed by atoms with Crippen LogP contribution in [0, 0.1) is 13.8 Å². The van der Waals surface area contributed by atoms with Gasteiger partial charge in [0.15, 0.2) is 0 Å². The molecule has 8 nitrogen and oxygen atoms in total. The maximum absolute atomic E-state index is 13.2. The lowest BCUT2D eigenvalue weighted by Gasteiger charge is -2.34. The van der Waals surface area contributed by atoms with Crippen LogP contribution in [0.3, 0.4) is 0 Å². The Labute approximate surface area is 177 Å². The van der Waals surface area contributed by atoms with Crippen LogP contribution in [0.2, 0.25) is 0 Å². The van der Waals surface area contributed by atoms with Crippen molar-refractivity contribution in [2.24, 2.45) is 0 Å². The molecule has 1 fully saturated rings. The van der Waals surface area contributed by atoms with Crippen LogP contribution in [0.25, 0.3) is 0 Å². The van der Waals surface area contributed by atoms with Gasteiger partial charge in [-0.3, -0.25) is 9.69 Å². The van der Waals surface area contributed by atoms with Gasteiger partial charge in [0.1, 0.15) is 5.76 Å². The van der Waals surface area contributed by atoms with E-state index in [1.165, 1.54) is 0 Å². The molecule has 0 atom stereocenters. The van der Waals surface area contributed by atoms with Crippen molar-refractivity contribution in [1.82, 2.24) is 14.2 Å². The first-order valence-electron chi connectivity index (χ1n) is 10.3. The van der Waals surface area contributed by atoms with Crippen molar-refractivity contribution >= 4 is 21.6 Å². The smallest absolute Gasteiger partial charge is 0.243 e. The molecule has 9 heteroatoms. The lowest BCUT2D eigenvalue weighted by Crippen LogP contribution is -2.48. The van der Waals surface area contributed by atoms with Gasteiger partial charge < -0.3 is 9.32 Å². The fourth-order valence-electron chi connectivity index (χ4n) is 4.14. The second-order valence-electron chi connectivity index (χ2n) is 7.99. The molecule has 2 aliphatic rings. The zero-order valence-electron chi connectivity index (χ0n) is 17.7. The first-order chi connectivity index (χ1) is 14.3. The number of carbonyl (C=O) groups excluding carboxylic acids is 1. The Bertz CT molecular complexity index is 1040. The average molecular weight is 433 g/mol. The van der Waals surface area contributed by atoms with Gasteiger partial charge in [-0.2, -0.15) is 4.31 Å². The van der Waals surface area contributed by atoms with Gasteiger partial charge >= 0.3 is 0 Å². The third-order valence-corrected chi connectivity index (χ3v) is 7.85. The van der Waals surface area contributed by atoms with Gasteiger partial charge in [0, 0.05) is 45.3 Å². The van der Waals surface area contributed by atoms with E-state index in [1.54, 1.807) is 34.3 Å². The summed E-state index contributed by atoms with van der Waals surface area (Å²) in [7, 11) is -3.57. The SMILES string of the molecule is CC(=O)N1CCCc2cc(S(=O)(=O)N3CCN(Cc4nc(C)c(C)o4)CC3)ccc21. The standard InChI is InChI=1S/C21H28N4O4S/c1-15-16(2)29-21(22-15)14-23-9-11-24(12-10-23)30(27,28)19-6-7-20-18(13-19)5-4-8-25(20)17(3)26/h6-7,13H,4-5,8-12,14H2,1-3H3. The second-order valence-corrected chi connectivity index (χ2v) is 9.93. The summed E-state index contributed by atoms with van der Waals surface area (Å²) in [5, 5.41) is 0. The predicted molar refractivity (Wildman–Crippen MR) is 113 cm³/mol. The van der Waals surface area contributed by atoms with Gasteiger partial charge in [-0.05, 0) is 50.5 Å². The number of oxazole rings is 1. The number of aromatic nitrogens is 1. The van der Waals surface area contributed by atoms with Gasteiger partial charge in [-0.15, -0.1) is 0 Å². The van der Waals surface area contributed by atoms with Crippen LogP contribution >= 0.6 is 0 Å². The molecule has 0 spiro atoms. The molecule has 4 rings (SSSR count). The molecule has 162 valence electrons. The molecule has 0 unspecified atom stereocenters. The Kier molecular flexibility index (Phi) is 5.69. The molecule has 1 amide bonds. The van der Waals surface area contributed by atoms with Crippen molar-refractivity contribution in [3.63, 3.8) is 0 Å². The molecule has 0 aliphatic carbocycles. The molecule has 0 N–H and O–H groups in total. The van der Waals surface area contributed by atoms with E-state index in [2.05, 4.69) is 9.88 Å². The number of benzene rings is 1. The van der Waals surface area contributed by atoms with E-state index >= 15 is 0 Å². The molecular formula is C21H28N4O4S. The zero-order chi connectivity index (χ0) is 21.5. The maximum atomic E-state index is 13.2. The van der Waals surface area contributed by atoms with Crippen LogP contribution in [0.1, 0.15) is 36.3 Å². The molecule has 30 heavy (non-hydrogen) atoms. The van der Waals surface area contributed by atoms with E-state index in [-0.39, 0.29) is 5.91 Å². The van der Waals surface area contributed by atoms with E-state index in [1.807, 2.05) is 13.8 Å². The highest BCUT2D eigenvalue weighted by Gasteiger charge is 2.30. The number of rotatable bonds is 4. The number of nitrogens with zero attached hydrogens (tertiary/aromatic N) is 4. The lowest BCUT2D eigenvalue weighted by molar-refractivity contribution is -0.116. The summed E-state index contributed by atoms with van der Waals surface area (Å²) in [6.07, 6.45) is 1.62. The van der Waals surface area contributed by atoms with Crippen LogP contribution in [-0.4, -0.2) is 61.2 Å². The van der Waals surface area contributed by atoms with E-state index in [4.69, 9.17) is 4.42 Å². The molecule has 1 aromatic heterocycles. The van der Waals surface area contributed by atoms with Crippen molar-refractivity contribution in [3.8, 4) is 0 Å². The molecular weight excluding hydrogens is 404 g/mol. The van der Waals surface area contributed by atoms with Crippen LogP contribution in [0.5, 0.6) is 0 Å². The Morgan fingerprint density at radius 2 is 1.87 bits per heavy atom. The largest absolute Gasteiger partial charge is 0.444 e. The fourth-order valence-corrected chi connectivity index (χ4v) is 5.61. The van der Waals surface area contributed by atoms with Crippen LogP contribution < -0.4 is 4.90 Å². The van der Waals surface area contributed by atoms with E-state index in [0.29, 0.717) is 50.1 Å². The summed E-state index contributed by atoms with van der Waals surface area (Å²) in [4.78, 5) is 20.5. The minimum atomic E-state index is -3.57. The highest BCUT2D eigenvalue weighted by molar-refractivity contribution is 7.89. The molecule has 1 aromatic carbocycles. The third kappa shape index (κ3) is 4.01. The number of sulfonamides is 1. The highest BCUT2D eigenvalue weighted by Crippen LogP contribution is 2.30. The summed E-state index contributed by atoms with van der Waals surface area (Å²) in [6.45, 7) is 8.73. The summed E-state index contributed by atoms with van der Waals surface area (Å²) < 4.78 is 33.6. The van der Waals surface area contributed by atoms with E-state index < -0.39 is 10.0 Å². The van der Waals surface area contributed by atoms with Crippen molar-refractivity contribution in [2.45, 2.75) is 45.1 Å². The second kappa shape index (κ2) is 8.13. The van der Waals surface area contributed by atoms with Crippen molar-refractivity contribution in [1.29, 1.82) is 0 Å². The molecule has 1 saturated heterocycles. The normalized spacial score (nSPS) is 18.4. The Morgan fingerprint density at radius 3 is 2.50 bits per heavy atom. The summed E-state index contributed by atoms with van der Waals surface area (Å²) >= 11 is 0. The van der Waals surface area contributed by atoms with Gasteiger partial charge in [-0.25, -0.2) is 13.4 Å². The number of anilines is 1. The zero-order valence-corrected chi connectivity index (χ0v) is 18.5. The number of piperazine rings is 1. The quantitative estimate of drug-likeness (QED) is 0.735. The first kappa shape index (κ1) is 21.0. The van der Waals surface area contributed by atoms with Gasteiger partial charge in [0.2, 0.25) is 21.8 Å². The number of hydrogen-bond donors (Lipinski definition) is 0. The predicted octanol–water partition coefficient (Wildman–Crippen LogP) is 2.10. The number of aryl methyl sites for hydroxylation is 3. The Hall–Kier alpha value is -2.23. The number of carbonyl (C=O) groups is 1. The van der Waals surface area contributed by atoms with Crippen LogP contribution in [0.4, 0.5) is 5.69 Å². The van der Waals surface area contributed by atoms with Gasteiger partial charge in [0.05, 0.1) is 17.1 Å². The minimum absolute atomic E-state index is 0.0147. The minimum Gasteiger partial charge on any atom is -0.444 e. The first-order valence-corrected chi connectivity index (χ1v) is 11.8. The van der Waals surface area contributed by atoms with E-state index in [0.717, 1.165) is 35.5 Å². The van der Waals surface area contributed by atoms with Crippen molar-refractivity contribution < 1.29 is 17.6 Å². The van der Waals surface area contributed by atoms with E-state index in [9.17, 15) is 13.2 Å². The van der Waals surface area contributed by atoms with Crippen LogP contribution in [-0.2, 0) is 27.8 Å². The highest BCUT2D eigenvalue weighted by atomic mass is 32.2. The molecule has 0 bridgehead atoms. The summed E-state index contributed by atoms with van der Waals surface area (Å²) in [6, 6.07) is 5.14. The number of hydrogen-bond acceptors (Lipinski definition) is 6. The van der Waals surface area contributed by atoms with Gasteiger partial charge in [-0.1, -0.05) is 0 Å². The average Bonchev–Trinajstić information content (AvgIpc) is 3.04. The molecule has 0 radical (unpaired) electrons. The summed E-state index contributed by atoms with van der Waals surface area (Å²) in [5.41, 5.74) is 2.64. The molecule has 2 aromatic rings. The lowest BCUT2D eigenvalue weighted by atomic mass is 10.0. The third-order valence-electron chi connectivity index (χ3n) is 5.95. The number of fused-ring (bicyclic) bond motifs is 1. The number of amides is 1. The fraction of sp³-hybridized carbons (Fsp3) is 0.524. The van der Waals surface area contributed by atoms with Crippen LogP contribution in [0.15, 0.2) is 27.5 Å².